The van der Waals surface area contributed by atoms with E-state index in [1.54, 1.807) is 49.2 Å². The molecule has 1 heterocycles. The first-order chi connectivity index (χ1) is 16.4. The minimum absolute atomic E-state index is 0. The van der Waals surface area contributed by atoms with Crippen molar-refractivity contribution >= 4 is 51.8 Å². The van der Waals surface area contributed by atoms with Gasteiger partial charge in [-0.1, -0.05) is 18.2 Å². The molecule has 4 rings (SSSR count). The Morgan fingerprint density at radius 2 is 1.66 bits per heavy atom. The predicted octanol–water partition coefficient (Wildman–Crippen LogP) is 1.36. The van der Waals surface area contributed by atoms with Gasteiger partial charge in [-0.25, -0.2) is 0 Å². The molecule has 0 aliphatic rings. The van der Waals surface area contributed by atoms with Crippen molar-refractivity contribution in [2.24, 2.45) is 0 Å². The van der Waals surface area contributed by atoms with Crippen LogP contribution in [0, 0.1) is 6.92 Å². The molecule has 0 amide bonds. The number of thioether (sulfide) groups is 1. The number of benzene rings is 3. The monoisotopic (exact) mass is 512 g/mol. The predicted molar refractivity (Wildman–Crippen MR) is 133 cm³/mol. The van der Waals surface area contributed by atoms with Crippen molar-refractivity contribution in [1.82, 2.24) is 8.75 Å². The summed E-state index contributed by atoms with van der Waals surface area (Å²) in [4.78, 5) is 27.1. The minimum Gasteiger partial charge on any atom is -0.545 e. The van der Waals surface area contributed by atoms with Crippen LogP contribution in [0.25, 0.3) is 16.6 Å². The molecule has 0 saturated heterocycles. The summed E-state index contributed by atoms with van der Waals surface area (Å²) in [6.07, 6.45) is 2.07. The van der Waals surface area contributed by atoms with Crippen LogP contribution in [0.15, 0.2) is 71.1 Å². The molecule has 1 aromatic heterocycles. The molecular weight excluding hydrogens is 491 g/mol. The second-order valence-electron chi connectivity index (χ2n) is 7.65. The van der Waals surface area contributed by atoms with Gasteiger partial charge >= 0.3 is 29.6 Å². The Morgan fingerprint density at radius 3 is 2.29 bits per heavy atom. The fourth-order valence-electron chi connectivity index (χ4n) is 3.81. The maximum absolute atomic E-state index is 13.7. The molecule has 0 aliphatic heterocycles. The van der Waals surface area contributed by atoms with Gasteiger partial charge < -0.3 is 14.6 Å². The summed E-state index contributed by atoms with van der Waals surface area (Å²) in [5, 5.41) is 12.4. The average molecular weight is 513 g/mol. The second-order valence-corrected chi connectivity index (χ2v) is 9.06. The van der Waals surface area contributed by atoms with Crippen LogP contribution in [0.3, 0.4) is 0 Å². The Morgan fingerprint density at radius 1 is 0.971 bits per heavy atom. The van der Waals surface area contributed by atoms with Crippen molar-refractivity contribution in [3.8, 4) is 5.75 Å². The number of fused-ring (bicyclic) bond motifs is 1. The van der Waals surface area contributed by atoms with E-state index in [1.807, 2.05) is 43.5 Å². The zero-order valence-corrected chi connectivity index (χ0v) is 23.5. The number of hydrogen-bond acceptors (Lipinski definition) is 8. The maximum Gasteiger partial charge on any atom is 1.00 e. The number of aliphatic carboxylic acids is 1. The van der Waals surface area contributed by atoms with E-state index in [1.165, 1.54) is 0 Å². The molecule has 0 aliphatic carbocycles. The summed E-state index contributed by atoms with van der Waals surface area (Å²) in [5.41, 5.74) is 3.67. The van der Waals surface area contributed by atoms with Gasteiger partial charge in [0, 0.05) is 28.0 Å². The fraction of sp³-hybridized carbons (Fsp3) is 0.154. The summed E-state index contributed by atoms with van der Waals surface area (Å²) in [7, 11) is 1.59. The first-order valence-corrected chi connectivity index (χ1v) is 12.4. The number of carboxylic acids is 1. The molecule has 9 heteroatoms. The number of Topliss-reactive ketones (excluding diaryl/α,β-unsaturated/α-hetero) is 1. The molecule has 172 valence electrons. The number of aromatic nitrogens is 2. The number of carbonyl (C=O) groups excluding carboxylic acids is 2. The Hall–Kier alpha value is -2.49. The number of allylic oxidation sites excluding steroid dienone is 1. The SMILES string of the molecule is COc1ccc(C/C(C(=O)c2ccc(SC)cc2)=C(\C(=O)[O-])c2ccc3nsnc3c2)cc1C.[Na+]. The van der Waals surface area contributed by atoms with Crippen LogP contribution in [0.2, 0.25) is 0 Å². The molecule has 0 N–H and O–H groups in total. The van der Waals surface area contributed by atoms with Gasteiger partial charge in [0.15, 0.2) is 5.78 Å². The molecule has 0 fully saturated rings. The number of hydrogen-bond donors (Lipinski definition) is 0. The Balaban J connectivity index is 0.00000342. The Kier molecular flexibility index (Phi) is 9.27. The van der Waals surface area contributed by atoms with Gasteiger partial charge in [0.1, 0.15) is 16.8 Å². The van der Waals surface area contributed by atoms with Gasteiger partial charge in [-0.3, -0.25) is 4.79 Å². The third-order valence-corrected chi connectivity index (χ3v) is 6.82. The molecule has 0 spiro atoms. The summed E-state index contributed by atoms with van der Waals surface area (Å²) < 4.78 is 13.7. The van der Waals surface area contributed by atoms with E-state index in [4.69, 9.17) is 4.74 Å². The van der Waals surface area contributed by atoms with E-state index < -0.39 is 5.97 Å². The van der Waals surface area contributed by atoms with Crippen LogP contribution in [0.5, 0.6) is 5.75 Å². The van der Waals surface area contributed by atoms with Gasteiger partial charge in [0.05, 0.1) is 24.8 Å². The molecular formula is C26H21N2NaO4S2. The van der Waals surface area contributed by atoms with Gasteiger partial charge in [-0.15, -0.1) is 11.8 Å². The number of nitrogens with zero attached hydrogens (tertiary/aromatic N) is 2. The summed E-state index contributed by atoms with van der Waals surface area (Å²) >= 11 is 2.61. The van der Waals surface area contributed by atoms with Crippen molar-refractivity contribution in [3.05, 3.63) is 88.5 Å². The number of carbonyl (C=O) groups is 2. The van der Waals surface area contributed by atoms with Crippen LogP contribution in [0.1, 0.15) is 27.0 Å². The van der Waals surface area contributed by atoms with Crippen molar-refractivity contribution in [2.45, 2.75) is 18.2 Å². The third kappa shape index (κ3) is 6.02. The maximum atomic E-state index is 13.7. The minimum atomic E-state index is -1.42. The largest absolute Gasteiger partial charge is 1.00 e. The number of methoxy groups -OCH3 is 1. The van der Waals surface area contributed by atoms with Crippen molar-refractivity contribution in [2.75, 3.05) is 13.4 Å². The standard InChI is InChI=1S/C26H22N2O4S2.Na/c1-15-12-16(4-11-23(15)32-2)13-20(25(29)17-5-8-19(33-3)9-6-17)24(26(30)31)18-7-10-21-22(14-18)28-34-27-21;/h4-12,14H,13H2,1-3H3,(H,30,31);/q;+1/p-1/b24-20+;. The van der Waals surface area contributed by atoms with E-state index in [2.05, 4.69) is 8.75 Å². The number of rotatable bonds is 8. The first-order valence-electron chi connectivity index (χ1n) is 10.4. The molecule has 3 aromatic carbocycles. The van der Waals surface area contributed by atoms with Gasteiger partial charge in [-0.05, 0) is 72.3 Å². The van der Waals surface area contributed by atoms with Crippen LogP contribution < -0.4 is 39.4 Å². The quantitative estimate of drug-likeness (QED) is 0.152. The van der Waals surface area contributed by atoms with Crippen LogP contribution in [0.4, 0.5) is 0 Å². The molecule has 0 bridgehead atoms. The van der Waals surface area contributed by atoms with E-state index in [0.29, 0.717) is 22.2 Å². The zero-order valence-electron chi connectivity index (χ0n) is 19.8. The van der Waals surface area contributed by atoms with Crippen LogP contribution in [-0.4, -0.2) is 33.9 Å². The van der Waals surface area contributed by atoms with E-state index in [-0.39, 0.29) is 52.9 Å². The molecule has 35 heavy (non-hydrogen) atoms. The number of carboxylic acid groups (broad SMARTS) is 1. The third-order valence-electron chi connectivity index (χ3n) is 5.51. The van der Waals surface area contributed by atoms with Crippen molar-refractivity contribution < 1.29 is 49.0 Å². The Labute approximate surface area is 234 Å². The molecule has 0 radical (unpaired) electrons. The molecule has 0 unspecified atom stereocenters. The van der Waals surface area contributed by atoms with Gasteiger partial charge in [0.25, 0.3) is 0 Å². The first kappa shape index (κ1) is 27.1. The molecule has 0 atom stereocenters. The van der Waals surface area contributed by atoms with Crippen LogP contribution in [-0.2, 0) is 11.2 Å². The van der Waals surface area contributed by atoms with E-state index in [9.17, 15) is 14.7 Å². The molecule has 6 nitrogen and oxygen atoms in total. The van der Waals surface area contributed by atoms with Crippen molar-refractivity contribution in [3.63, 3.8) is 0 Å². The smallest absolute Gasteiger partial charge is 0.545 e. The van der Waals surface area contributed by atoms with Crippen LogP contribution >= 0.6 is 23.5 Å². The van der Waals surface area contributed by atoms with Gasteiger partial charge in [-0.2, -0.15) is 8.75 Å². The summed E-state index contributed by atoms with van der Waals surface area (Å²) in [6.45, 7) is 1.90. The second kappa shape index (κ2) is 12.0. The van der Waals surface area contributed by atoms with Gasteiger partial charge in [0.2, 0.25) is 0 Å². The number of ether oxygens (including phenoxy) is 1. The zero-order chi connectivity index (χ0) is 24.2. The van der Waals surface area contributed by atoms with E-state index in [0.717, 1.165) is 33.5 Å². The normalized spacial score (nSPS) is 11.5. The fourth-order valence-corrected chi connectivity index (χ4v) is 4.73. The topological polar surface area (TPSA) is 92.2 Å². The molecule has 0 saturated carbocycles. The van der Waals surface area contributed by atoms with Crippen molar-refractivity contribution in [1.29, 1.82) is 0 Å². The molecule has 4 aromatic rings. The van der Waals surface area contributed by atoms with E-state index >= 15 is 0 Å². The summed E-state index contributed by atoms with van der Waals surface area (Å²) in [6, 6.07) is 17.6. The Bertz CT molecular complexity index is 1410. The average Bonchev–Trinajstić information content (AvgIpc) is 3.31. The summed E-state index contributed by atoms with van der Waals surface area (Å²) in [5.74, 6) is -1.07. The number of ketones is 1. The number of aryl methyl sites for hydroxylation is 1.